The van der Waals surface area contributed by atoms with Crippen LogP contribution in [0.15, 0.2) is 0 Å². The van der Waals surface area contributed by atoms with Crippen molar-refractivity contribution >= 4 is 0 Å². The molecule has 1 unspecified atom stereocenters. The van der Waals surface area contributed by atoms with Crippen LogP contribution in [0.4, 0.5) is 0 Å². The van der Waals surface area contributed by atoms with Gasteiger partial charge in [-0.05, 0) is 25.2 Å². The molecule has 0 saturated carbocycles. The second-order valence-corrected chi connectivity index (χ2v) is 5.18. The van der Waals surface area contributed by atoms with Gasteiger partial charge in [-0.1, -0.05) is 13.8 Å². The second-order valence-electron chi connectivity index (χ2n) is 5.18. The number of fused-ring (bicyclic) bond motifs is 1. The van der Waals surface area contributed by atoms with Crippen molar-refractivity contribution in [2.75, 3.05) is 6.61 Å². The van der Waals surface area contributed by atoms with Gasteiger partial charge >= 0.3 is 0 Å². The van der Waals surface area contributed by atoms with Crippen molar-refractivity contribution in [1.82, 2.24) is 10.2 Å². The maximum Gasteiger partial charge on any atom is 0.0732 e. The number of aryl methyl sites for hydroxylation is 2. The van der Waals surface area contributed by atoms with Crippen molar-refractivity contribution in [2.45, 2.75) is 39.2 Å². The molecule has 1 aliphatic carbocycles. The van der Waals surface area contributed by atoms with Crippen LogP contribution in [-0.4, -0.2) is 21.9 Å². The monoisotopic (exact) mass is 209 g/mol. The molecule has 4 N–H and O–H groups in total. The first-order valence-electron chi connectivity index (χ1n) is 5.36. The minimum absolute atomic E-state index is 0.0344. The van der Waals surface area contributed by atoms with Gasteiger partial charge in [-0.15, -0.1) is 0 Å². The average molecular weight is 209 g/mol. The molecule has 1 aliphatic rings. The first-order valence-corrected chi connectivity index (χ1v) is 5.36. The molecule has 0 aromatic carbocycles. The molecule has 0 fully saturated rings. The quantitative estimate of drug-likeness (QED) is 0.641. The Morgan fingerprint density at radius 1 is 1.53 bits per heavy atom. The van der Waals surface area contributed by atoms with Crippen LogP contribution in [0.3, 0.4) is 0 Å². The predicted octanol–water partition coefficient (Wildman–Crippen LogP) is 0.837. The Morgan fingerprint density at radius 3 is 2.80 bits per heavy atom. The molecule has 1 heterocycles. The lowest BCUT2D eigenvalue weighted by Crippen LogP contribution is -2.55. The van der Waals surface area contributed by atoms with E-state index in [0.29, 0.717) is 0 Å². The molecule has 0 spiro atoms. The summed E-state index contributed by atoms with van der Waals surface area (Å²) in [4.78, 5) is 0. The maximum absolute atomic E-state index is 9.61. The zero-order chi connectivity index (χ0) is 11.3. The van der Waals surface area contributed by atoms with Crippen molar-refractivity contribution in [3.63, 3.8) is 0 Å². The van der Waals surface area contributed by atoms with E-state index in [9.17, 15) is 5.11 Å². The van der Waals surface area contributed by atoms with Crippen LogP contribution in [0.2, 0.25) is 0 Å². The molecule has 1 atom stereocenters. The molecular formula is C11H19N3O. The zero-order valence-electron chi connectivity index (χ0n) is 9.59. The van der Waals surface area contributed by atoms with E-state index in [1.165, 1.54) is 0 Å². The van der Waals surface area contributed by atoms with E-state index in [2.05, 4.69) is 24.0 Å². The van der Waals surface area contributed by atoms with Crippen LogP contribution in [-0.2, 0) is 12.0 Å². The molecule has 15 heavy (non-hydrogen) atoms. The van der Waals surface area contributed by atoms with Gasteiger partial charge in [0.15, 0.2) is 0 Å². The average Bonchev–Trinajstić information content (AvgIpc) is 2.55. The number of nitrogens with two attached hydrogens (primary N) is 1. The summed E-state index contributed by atoms with van der Waals surface area (Å²) >= 11 is 0. The van der Waals surface area contributed by atoms with E-state index in [1.54, 1.807) is 0 Å². The molecule has 84 valence electrons. The van der Waals surface area contributed by atoms with Crippen molar-refractivity contribution in [2.24, 2.45) is 11.1 Å². The number of hydrogen-bond donors (Lipinski definition) is 3. The van der Waals surface area contributed by atoms with Gasteiger partial charge in [-0.3, -0.25) is 5.10 Å². The van der Waals surface area contributed by atoms with E-state index in [4.69, 9.17) is 5.73 Å². The summed E-state index contributed by atoms with van der Waals surface area (Å²) < 4.78 is 0. The van der Waals surface area contributed by atoms with Gasteiger partial charge in [0.05, 0.1) is 17.8 Å². The largest absolute Gasteiger partial charge is 0.394 e. The van der Waals surface area contributed by atoms with E-state index < -0.39 is 5.54 Å². The van der Waals surface area contributed by atoms with Crippen LogP contribution in [0.25, 0.3) is 0 Å². The number of aliphatic hydroxyl groups excluding tert-OH is 1. The Kier molecular flexibility index (Phi) is 2.17. The number of nitrogens with one attached hydrogen (secondary N) is 1. The van der Waals surface area contributed by atoms with Gasteiger partial charge in [-0.25, -0.2) is 0 Å². The Labute approximate surface area is 89.9 Å². The van der Waals surface area contributed by atoms with Gasteiger partial charge < -0.3 is 10.8 Å². The molecule has 0 radical (unpaired) electrons. The van der Waals surface area contributed by atoms with E-state index in [0.717, 1.165) is 29.8 Å². The van der Waals surface area contributed by atoms with Gasteiger partial charge in [0, 0.05) is 11.3 Å². The van der Waals surface area contributed by atoms with Crippen molar-refractivity contribution < 1.29 is 5.11 Å². The Balaban J connectivity index is 2.62. The summed E-state index contributed by atoms with van der Waals surface area (Å²) in [5, 5.41) is 16.8. The Morgan fingerprint density at radius 2 is 2.20 bits per heavy atom. The van der Waals surface area contributed by atoms with Gasteiger partial charge in [-0.2, -0.15) is 5.10 Å². The van der Waals surface area contributed by atoms with Gasteiger partial charge in [0.2, 0.25) is 0 Å². The van der Waals surface area contributed by atoms with Crippen molar-refractivity contribution in [3.05, 3.63) is 17.0 Å². The standard InChI is InChI=1S/C11H19N3O/c1-7-9-8(14-13-7)4-5-10(2,3)11(9,12)6-15/h15H,4-6,12H2,1-3H3,(H,13,14). The highest BCUT2D eigenvalue weighted by molar-refractivity contribution is 5.37. The van der Waals surface area contributed by atoms with Crippen LogP contribution < -0.4 is 5.73 Å². The molecule has 2 rings (SSSR count). The summed E-state index contributed by atoms with van der Waals surface area (Å²) in [6.45, 7) is 6.15. The predicted molar refractivity (Wildman–Crippen MR) is 58.4 cm³/mol. The third kappa shape index (κ3) is 1.25. The number of hydrogen-bond acceptors (Lipinski definition) is 3. The first kappa shape index (κ1) is 10.6. The fraction of sp³-hybridized carbons (Fsp3) is 0.727. The summed E-state index contributed by atoms with van der Waals surface area (Å²) in [6, 6.07) is 0. The molecule has 0 saturated heterocycles. The summed E-state index contributed by atoms with van der Waals surface area (Å²) in [5.41, 5.74) is 8.63. The normalized spacial score (nSPS) is 28.9. The minimum atomic E-state index is -0.669. The summed E-state index contributed by atoms with van der Waals surface area (Å²) in [7, 11) is 0. The molecule has 4 heteroatoms. The van der Waals surface area contributed by atoms with Gasteiger partial charge in [0.1, 0.15) is 0 Å². The van der Waals surface area contributed by atoms with Crippen LogP contribution in [0.1, 0.15) is 37.2 Å². The smallest absolute Gasteiger partial charge is 0.0732 e. The topological polar surface area (TPSA) is 74.9 Å². The molecule has 0 bridgehead atoms. The first-order chi connectivity index (χ1) is 6.92. The third-order valence-corrected chi connectivity index (χ3v) is 3.91. The van der Waals surface area contributed by atoms with Crippen LogP contribution in [0, 0.1) is 12.3 Å². The molecular weight excluding hydrogens is 190 g/mol. The number of rotatable bonds is 1. The zero-order valence-corrected chi connectivity index (χ0v) is 9.59. The van der Waals surface area contributed by atoms with E-state index in [1.807, 2.05) is 6.92 Å². The highest BCUT2D eigenvalue weighted by atomic mass is 16.3. The molecule has 1 aromatic heterocycles. The lowest BCUT2D eigenvalue weighted by atomic mass is 9.62. The number of aliphatic hydroxyl groups is 1. The highest BCUT2D eigenvalue weighted by Crippen LogP contribution is 2.46. The Bertz CT molecular complexity index is 383. The van der Waals surface area contributed by atoms with Crippen LogP contribution >= 0.6 is 0 Å². The Hall–Kier alpha value is -0.870. The van der Waals surface area contributed by atoms with E-state index >= 15 is 0 Å². The summed E-state index contributed by atoms with van der Waals surface area (Å²) in [5.74, 6) is 0. The SMILES string of the molecule is Cc1[nH]nc2c1C(N)(CO)C(C)(C)CC2. The lowest BCUT2D eigenvalue weighted by Gasteiger charge is -2.46. The molecule has 1 aromatic rings. The van der Waals surface area contributed by atoms with Gasteiger partial charge in [0.25, 0.3) is 0 Å². The number of aromatic nitrogens is 2. The van der Waals surface area contributed by atoms with E-state index in [-0.39, 0.29) is 12.0 Å². The highest BCUT2D eigenvalue weighted by Gasteiger charge is 2.48. The summed E-state index contributed by atoms with van der Waals surface area (Å²) in [6.07, 6.45) is 1.90. The number of nitrogens with zero attached hydrogens (tertiary/aromatic N) is 1. The second kappa shape index (κ2) is 3.06. The van der Waals surface area contributed by atoms with Crippen molar-refractivity contribution in [3.8, 4) is 0 Å². The molecule has 0 aliphatic heterocycles. The minimum Gasteiger partial charge on any atom is -0.394 e. The number of H-pyrrole nitrogens is 1. The fourth-order valence-corrected chi connectivity index (χ4v) is 2.54. The number of aromatic amines is 1. The fourth-order valence-electron chi connectivity index (χ4n) is 2.54. The third-order valence-electron chi connectivity index (χ3n) is 3.91. The maximum atomic E-state index is 9.61. The van der Waals surface area contributed by atoms with Crippen molar-refractivity contribution in [1.29, 1.82) is 0 Å². The lowest BCUT2D eigenvalue weighted by molar-refractivity contribution is 0.0625. The molecule has 0 amide bonds. The molecule has 4 nitrogen and oxygen atoms in total. The van der Waals surface area contributed by atoms with Crippen LogP contribution in [0.5, 0.6) is 0 Å².